The maximum absolute atomic E-state index is 11.8. The van der Waals surface area contributed by atoms with E-state index in [9.17, 15) is 9.00 Å². The molecule has 5 heteroatoms. The molecule has 2 aromatic rings. The van der Waals surface area contributed by atoms with E-state index < -0.39 is 10.8 Å². The molecule has 2 rings (SSSR count). The lowest BCUT2D eigenvalue weighted by atomic mass is 10.2. The summed E-state index contributed by atoms with van der Waals surface area (Å²) in [5.74, 6) is 0.763. The second kappa shape index (κ2) is 4.98. The molecule has 0 radical (unpaired) electrons. The maximum Gasteiger partial charge on any atom is 0.185 e. The first kappa shape index (κ1) is 12.3. The third kappa shape index (κ3) is 2.56. The molecule has 0 fully saturated rings. The van der Waals surface area contributed by atoms with E-state index >= 15 is 0 Å². The minimum Gasteiger partial charge on any atom is -0.496 e. The molecule has 0 aliphatic heterocycles. The van der Waals surface area contributed by atoms with Gasteiger partial charge in [0.05, 0.1) is 17.7 Å². The minimum atomic E-state index is -1.10. The van der Waals surface area contributed by atoms with Gasteiger partial charge in [0, 0.05) is 27.1 Å². The quantitative estimate of drug-likeness (QED) is 0.800. The Morgan fingerprint density at radius 2 is 2.24 bits per heavy atom. The van der Waals surface area contributed by atoms with Gasteiger partial charge in [-0.15, -0.1) is 11.3 Å². The normalized spacial score (nSPS) is 12.6. The molecule has 1 heterocycles. The SMILES string of the molecule is COc1cccc2sc(C(=O)CS(C)=O)cc12. The van der Waals surface area contributed by atoms with Gasteiger partial charge in [0.25, 0.3) is 0 Å². The van der Waals surface area contributed by atoms with Crippen LogP contribution in [0.3, 0.4) is 0 Å². The lowest BCUT2D eigenvalue weighted by molar-refractivity contribution is 0.102. The molecule has 1 atom stereocenters. The average molecular weight is 268 g/mol. The van der Waals surface area contributed by atoms with Crippen LogP contribution in [0.2, 0.25) is 0 Å². The summed E-state index contributed by atoms with van der Waals surface area (Å²) in [4.78, 5) is 12.4. The number of carbonyl (C=O) groups excluding carboxylic acids is 1. The van der Waals surface area contributed by atoms with Crippen LogP contribution in [0, 0.1) is 0 Å². The first-order valence-electron chi connectivity index (χ1n) is 5.01. The molecule has 1 aromatic carbocycles. The number of Topliss-reactive ketones (excluding diaryl/α,β-unsaturated/α-hetero) is 1. The highest BCUT2D eigenvalue weighted by atomic mass is 32.2. The summed E-state index contributed by atoms with van der Waals surface area (Å²) in [6, 6.07) is 7.52. The number of ether oxygens (including phenoxy) is 1. The van der Waals surface area contributed by atoms with Gasteiger partial charge in [-0.3, -0.25) is 9.00 Å². The van der Waals surface area contributed by atoms with Crippen LogP contribution in [0.25, 0.3) is 10.1 Å². The number of hydrogen-bond acceptors (Lipinski definition) is 4. The van der Waals surface area contributed by atoms with Crippen molar-refractivity contribution in [3.05, 3.63) is 29.1 Å². The zero-order valence-corrected chi connectivity index (χ0v) is 11.2. The lowest BCUT2D eigenvalue weighted by Crippen LogP contribution is -2.07. The third-order valence-electron chi connectivity index (χ3n) is 2.35. The van der Waals surface area contributed by atoms with Crippen molar-refractivity contribution in [1.29, 1.82) is 0 Å². The van der Waals surface area contributed by atoms with Gasteiger partial charge < -0.3 is 4.74 Å². The van der Waals surface area contributed by atoms with E-state index in [1.54, 1.807) is 7.11 Å². The van der Waals surface area contributed by atoms with Gasteiger partial charge in [-0.2, -0.15) is 0 Å². The van der Waals surface area contributed by atoms with E-state index in [1.165, 1.54) is 17.6 Å². The zero-order valence-electron chi connectivity index (χ0n) is 9.56. The Labute approximate surface area is 106 Å². The maximum atomic E-state index is 11.8. The summed E-state index contributed by atoms with van der Waals surface area (Å²) in [6.07, 6.45) is 1.53. The van der Waals surface area contributed by atoms with Crippen molar-refractivity contribution in [1.82, 2.24) is 0 Å². The van der Waals surface area contributed by atoms with Crippen molar-refractivity contribution in [2.24, 2.45) is 0 Å². The first-order valence-corrected chi connectivity index (χ1v) is 7.56. The number of rotatable bonds is 4. The van der Waals surface area contributed by atoms with E-state index in [2.05, 4.69) is 0 Å². The largest absolute Gasteiger partial charge is 0.496 e. The number of hydrogen-bond donors (Lipinski definition) is 0. The van der Waals surface area contributed by atoms with Gasteiger partial charge in [0.1, 0.15) is 5.75 Å². The fraction of sp³-hybridized carbons (Fsp3) is 0.250. The van der Waals surface area contributed by atoms with Crippen LogP contribution in [-0.4, -0.2) is 29.1 Å². The summed E-state index contributed by atoms with van der Waals surface area (Å²) in [5.41, 5.74) is 0. The van der Waals surface area contributed by atoms with E-state index in [-0.39, 0.29) is 11.5 Å². The van der Waals surface area contributed by atoms with E-state index in [0.717, 1.165) is 15.8 Å². The van der Waals surface area contributed by atoms with Gasteiger partial charge in [-0.25, -0.2) is 0 Å². The van der Waals surface area contributed by atoms with Crippen molar-refractivity contribution in [2.45, 2.75) is 0 Å². The smallest absolute Gasteiger partial charge is 0.185 e. The van der Waals surface area contributed by atoms with Gasteiger partial charge in [0.2, 0.25) is 0 Å². The second-order valence-electron chi connectivity index (χ2n) is 3.62. The van der Waals surface area contributed by atoms with Crippen LogP contribution < -0.4 is 4.74 Å². The van der Waals surface area contributed by atoms with Gasteiger partial charge in [-0.1, -0.05) is 6.07 Å². The van der Waals surface area contributed by atoms with E-state index in [0.29, 0.717) is 4.88 Å². The number of benzene rings is 1. The number of ketones is 1. The molecule has 0 saturated carbocycles. The average Bonchev–Trinajstić information content (AvgIpc) is 2.71. The monoisotopic (exact) mass is 268 g/mol. The number of methoxy groups -OCH3 is 1. The Morgan fingerprint density at radius 3 is 2.88 bits per heavy atom. The fourth-order valence-corrected chi connectivity index (χ4v) is 3.24. The molecule has 90 valence electrons. The van der Waals surface area contributed by atoms with Crippen molar-refractivity contribution in [3.63, 3.8) is 0 Å². The van der Waals surface area contributed by atoms with Crippen LogP contribution in [0.5, 0.6) is 5.75 Å². The molecule has 17 heavy (non-hydrogen) atoms. The fourth-order valence-electron chi connectivity index (χ4n) is 1.61. The summed E-state index contributed by atoms with van der Waals surface area (Å²) >= 11 is 1.41. The van der Waals surface area contributed by atoms with E-state index in [1.807, 2.05) is 24.3 Å². The molecule has 0 amide bonds. The highest BCUT2D eigenvalue weighted by Crippen LogP contribution is 2.32. The second-order valence-corrected chi connectivity index (χ2v) is 6.14. The molecular formula is C12H12O3S2. The molecule has 0 spiro atoms. The Kier molecular flexibility index (Phi) is 3.59. The van der Waals surface area contributed by atoms with Gasteiger partial charge in [0.15, 0.2) is 5.78 Å². The summed E-state index contributed by atoms with van der Waals surface area (Å²) in [7, 11) is 0.507. The molecule has 1 unspecified atom stereocenters. The molecule has 1 aromatic heterocycles. The summed E-state index contributed by atoms with van der Waals surface area (Å²) < 4.78 is 17.3. The van der Waals surface area contributed by atoms with Crippen LogP contribution >= 0.6 is 11.3 Å². The number of fused-ring (bicyclic) bond motifs is 1. The number of carbonyl (C=O) groups is 1. The minimum absolute atomic E-state index is 0.0749. The highest BCUT2D eigenvalue weighted by Gasteiger charge is 2.13. The highest BCUT2D eigenvalue weighted by molar-refractivity contribution is 7.85. The topological polar surface area (TPSA) is 43.4 Å². The summed E-state index contributed by atoms with van der Waals surface area (Å²) in [6.45, 7) is 0. The lowest BCUT2D eigenvalue weighted by Gasteiger charge is -1.99. The molecule has 0 aliphatic rings. The molecule has 3 nitrogen and oxygen atoms in total. The molecule has 0 N–H and O–H groups in total. The predicted octanol–water partition coefficient (Wildman–Crippen LogP) is 2.47. The Bertz CT molecular complexity index is 586. The standard InChI is InChI=1S/C12H12O3S2/c1-15-10-4-3-5-11-8(10)6-12(16-11)9(13)7-17(2)14/h3-6H,7H2,1-2H3. The van der Waals surface area contributed by atoms with Gasteiger partial charge in [-0.05, 0) is 18.2 Å². The van der Waals surface area contributed by atoms with Crippen LogP contribution in [0.4, 0.5) is 0 Å². The first-order chi connectivity index (χ1) is 8.11. The molecule has 0 saturated heterocycles. The van der Waals surface area contributed by atoms with Gasteiger partial charge >= 0.3 is 0 Å². The predicted molar refractivity (Wildman–Crippen MR) is 71.6 cm³/mol. The third-order valence-corrected chi connectivity index (χ3v) is 4.16. The van der Waals surface area contributed by atoms with Crippen molar-refractivity contribution in [2.75, 3.05) is 19.1 Å². The molecule has 0 aliphatic carbocycles. The van der Waals surface area contributed by atoms with Crippen LogP contribution in [-0.2, 0) is 10.8 Å². The molecule has 0 bridgehead atoms. The molecular weight excluding hydrogens is 256 g/mol. The van der Waals surface area contributed by atoms with Crippen molar-refractivity contribution in [3.8, 4) is 5.75 Å². The van der Waals surface area contributed by atoms with E-state index in [4.69, 9.17) is 4.74 Å². The van der Waals surface area contributed by atoms with Crippen molar-refractivity contribution < 1.29 is 13.7 Å². The number of thiophene rings is 1. The zero-order chi connectivity index (χ0) is 12.4. The van der Waals surface area contributed by atoms with Crippen molar-refractivity contribution >= 4 is 38.0 Å². The van der Waals surface area contributed by atoms with Crippen LogP contribution in [0.15, 0.2) is 24.3 Å². The summed E-state index contributed by atoms with van der Waals surface area (Å²) in [5, 5.41) is 0.935. The Morgan fingerprint density at radius 1 is 1.47 bits per heavy atom. The Hall–Kier alpha value is -1.20. The van der Waals surface area contributed by atoms with Crippen LogP contribution in [0.1, 0.15) is 9.67 Å². The Balaban J connectivity index is 2.44.